The third-order valence-corrected chi connectivity index (χ3v) is 1.48. The number of halogens is 1. The summed E-state index contributed by atoms with van der Waals surface area (Å²) in [7, 11) is 0. The maximum atomic E-state index is 11.0. The van der Waals surface area contributed by atoms with Crippen LogP contribution in [0.3, 0.4) is 0 Å². The minimum atomic E-state index is -0.232. The first-order valence-corrected chi connectivity index (χ1v) is 3.95. The number of pyridine rings is 1. The molecule has 4 heteroatoms. The first-order valence-electron chi connectivity index (χ1n) is 3.57. The summed E-state index contributed by atoms with van der Waals surface area (Å²) in [5, 5.41) is 2.91. The normalized spacial score (nSPS) is 8.92. The molecule has 1 aromatic heterocycles. The third kappa shape index (κ3) is 3.14. The summed E-state index contributed by atoms with van der Waals surface area (Å²) < 4.78 is 0. The highest BCUT2D eigenvalue weighted by Gasteiger charge is 1.99. The van der Waals surface area contributed by atoms with Gasteiger partial charge in [0.25, 0.3) is 0 Å². The van der Waals surface area contributed by atoms with Crippen LogP contribution in [0.2, 0.25) is 5.15 Å². The minimum absolute atomic E-state index is 0.0555. The standard InChI is InChI=1S/C9H7ClN2O/c1-2-3-9(13)12-7-4-5-11-8(10)6-7/h1,4-6H,3H2,(H,11,12,13). The number of nitrogens with zero attached hydrogens (tertiary/aromatic N) is 1. The van der Waals surface area contributed by atoms with Crippen LogP contribution in [-0.4, -0.2) is 10.9 Å². The van der Waals surface area contributed by atoms with Crippen molar-refractivity contribution in [3.05, 3.63) is 23.5 Å². The van der Waals surface area contributed by atoms with E-state index in [0.717, 1.165) is 0 Å². The van der Waals surface area contributed by atoms with E-state index in [0.29, 0.717) is 10.8 Å². The lowest BCUT2D eigenvalue weighted by Gasteiger charge is -2.01. The fraction of sp³-hybridized carbons (Fsp3) is 0.111. The predicted molar refractivity (Wildman–Crippen MR) is 51.3 cm³/mol. The van der Waals surface area contributed by atoms with Crippen molar-refractivity contribution in [1.82, 2.24) is 4.98 Å². The molecule has 0 fully saturated rings. The molecule has 1 N–H and O–H groups in total. The van der Waals surface area contributed by atoms with Crippen molar-refractivity contribution >= 4 is 23.2 Å². The Morgan fingerprint density at radius 3 is 3.15 bits per heavy atom. The van der Waals surface area contributed by atoms with Crippen LogP contribution in [-0.2, 0) is 4.79 Å². The van der Waals surface area contributed by atoms with E-state index >= 15 is 0 Å². The highest BCUT2D eigenvalue weighted by atomic mass is 35.5. The smallest absolute Gasteiger partial charge is 0.236 e. The molecular formula is C9H7ClN2O. The summed E-state index contributed by atoms with van der Waals surface area (Å²) in [6, 6.07) is 3.19. The molecule has 0 saturated heterocycles. The van der Waals surface area contributed by atoms with Crippen molar-refractivity contribution < 1.29 is 4.79 Å². The van der Waals surface area contributed by atoms with E-state index in [1.165, 1.54) is 6.20 Å². The largest absolute Gasteiger partial charge is 0.325 e. The minimum Gasteiger partial charge on any atom is -0.325 e. The lowest BCUT2D eigenvalue weighted by atomic mass is 10.3. The van der Waals surface area contributed by atoms with Crippen molar-refractivity contribution in [1.29, 1.82) is 0 Å². The highest BCUT2D eigenvalue weighted by molar-refractivity contribution is 6.29. The molecule has 0 aliphatic heterocycles. The van der Waals surface area contributed by atoms with Gasteiger partial charge in [-0.25, -0.2) is 4.98 Å². The number of rotatable bonds is 2. The first kappa shape index (κ1) is 9.56. The average Bonchev–Trinajstić information content (AvgIpc) is 2.04. The van der Waals surface area contributed by atoms with Gasteiger partial charge in [0.2, 0.25) is 5.91 Å². The van der Waals surface area contributed by atoms with Gasteiger partial charge in [-0.15, -0.1) is 6.42 Å². The van der Waals surface area contributed by atoms with Crippen molar-refractivity contribution in [2.24, 2.45) is 0 Å². The topological polar surface area (TPSA) is 42.0 Å². The first-order chi connectivity index (χ1) is 6.22. The molecule has 0 aromatic carbocycles. The molecule has 0 spiro atoms. The van der Waals surface area contributed by atoms with Crippen molar-refractivity contribution in [3.8, 4) is 12.3 Å². The van der Waals surface area contributed by atoms with Gasteiger partial charge in [0.05, 0.1) is 6.42 Å². The van der Waals surface area contributed by atoms with Crippen LogP contribution in [0, 0.1) is 12.3 Å². The highest BCUT2D eigenvalue weighted by Crippen LogP contribution is 2.11. The van der Waals surface area contributed by atoms with Gasteiger partial charge < -0.3 is 5.32 Å². The summed E-state index contributed by atoms with van der Waals surface area (Å²) in [5.41, 5.74) is 0.597. The molecule has 0 radical (unpaired) electrons. The number of terminal acetylenes is 1. The second-order valence-corrected chi connectivity index (χ2v) is 2.68. The van der Waals surface area contributed by atoms with Gasteiger partial charge >= 0.3 is 0 Å². The van der Waals surface area contributed by atoms with E-state index in [1.54, 1.807) is 12.1 Å². The van der Waals surface area contributed by atoms with Crippen molar-refractivity contribution in [2.45, 2.75) is 6.42 Å². The molecule has 0 aliphatic rings. The number of amides is 1. The number of hydrogen-bond acceptors (Lipinski definition) is 2. The van der Waals surface area contributed by atoms with E-state index < -0.39 is 0 Å². The van der Waals surface area contributed by atoms with E-state index in [9.17, 15) is 4.79 Å². The maximum absolute atomic E-state index is 11.0. The summed E-state index contributed by atoms with van der Waals surface area (Å²) in [4.78, 5) is 14.8. The number of anilines is 1. The molecule has 1 aromatic rings. The summed E-state index contributed by atoms with van der Waals surface area (Å²) in [6.45, 7) is 0. The van der Waals surface area contributed by atoms with Crippen LogP contribution >= 0.6 is 11.6 Å². The Morgan fingerprint density at radius 2 is 2.54 bits per heavy atom. The lowest BCUT2D eigenvalue weighted by Crippen LogP contribution is -2.09. The van der Waals surface area contributed by atoms with Crippen LogP contribution in [0.25, 0.3) is 0 Å². The molecule has 66 valence electrons. The fourth-order valence-corrected chi connectivity index (χ4v) is 0.952. The van der Waals surface area contributed by atoms with E-state index in [-0.39, 0.29) is 12.3 Å². The van der Waals surface area contributed by atoms with Gasteiger partial charge in [-0.3, -0.25) is 4.79 Å². The number of carbonyl (C=O) groups is 1. The second kappa shape index (κ2) is 4.48. The SMILES string of the molecule is C#CCC(=O)Nc1ccnc(Cl)c1. The van der Waals surface area contributed by atoms with E-state index in [2.05, 4.69) is 16.2 Å². The summed E-state index contributed by atoms with van der Waals surface area (Å²) in [5.74, 6) is 2.01. The van der Waals surface area contributed by atoms with Crippen molar-refractivity contribution in [3.63, 3.8) is 0 Å². The summed E-state index contributed by atoms with van der Waals surface area (Å²) in [6.07, 6.45) is 6.53. The Hall–Kier alpha value is -1.53. The molecule has 1 heterocycles. The number of carbonyl (C=O) groups excluding carboxylic acids is 1. The van der Waals surface area contributed by atoms with E-state index in [4.69, 9.17) is 18.0 Å². The van der Waals surface area contributed by atoms with Crippen LogP contribution in [0.15, 0.2) is 18.3 Å². The molecule has 0 unspecified atom stereocenters. The van der Waals surface area contributed by atoms with Gasteiger partial charge in [-0.1, -0.05) is 17.5 Å². The molecule has 1 amide bonds. The van der Waals surface area contributed by atoms with Crippen LogP contribution in [0.5, 0.6) is 0 Å². The Labute approximate surface area is 81.1 Å². The number of aromatic nitrogens is 1. The van der Waals surface area contributed by atoms with Crippen LogP contribution in [0.4, 0.5) is 5.69 Å². The molecule has 0 bridgehead atoms. The molecular weight excluding hydrogens is 188 g/mol. The predicted octanol–water partition coefficient (Wildman–Crippen LogP) is 1.70. The maximum Gasteiger partial charge on any atom is 0.236 e. The molecule has 0 aliphatic carbocycles. The zero-order valence-corrected chi connectivity index (χ0v) is 7.51. The Balaban J connectivity index is 2.65. The molecule has 0 atom stereocenters. The van der Waals surface area contributed by atoms with Gasteiger partial charge in [-0.2, -0.15) is 0 Å². The van der Waals surface area contributed by atoms with Gasteiger partial charge in [0.1, 0.15) is 5.15 Å². The number of nitrogens with one attached hydrogen (secondary N) is 1. The molecule has 13 heavy (non-hydrogen) atoms. The lowest BCUT2D eigenvalue weighted by molar-refractivity contribution is -0.115. The van der Waals surface area contributed by atoms with Crippen molar-refractivity contribution in [2.75, 3.05) is 5.32 Å². The van der Waals surface area contributed by atoms with Gasteiger partial charge in [0.15, 0.2) is 0 Å². The Bertz CT molecular complexity index is 357. The van der Waals surface area contributed by atoms with Gasteiger partial charge in [0, 0.05) is 11.9 Å². The van der Waals surface area contributed by atoms with E-state index in [1.807, 2.05) is 0 Å². The molecule has 1 rings (SSSR count). The summed E-state index contributed by atoms with van der Waals surface area (Å²) >= 11 is 5.60. The molecule has 0 saturated carbocycles. The van der Waals surface area contributed by atoms with Gasteiger partial charge in [-0.05, 0) is 12.1 Å². The quantitative estimate of drug-likeness (QED) is 0.575. The zero-order valence-electron chi connectivity index (χ0n) is 6.75. The third-order valence-electron chi connectivity index (χ3n) is 1.27. The van der Waals surface area contributed by atoms with Crippen LogP contribution < -0.4 is 5.32 Å². The second-order valence-electron chi connectivity index (χ2n) is 2.30. The number of hydrogen-bond donors (Lipinski definition) is 1. The zero-order chi connectivity index (χ0) is 9.68. The fourth-order valence-electron chi connectivity index (χ4n) is 0.778. The average molecular weight is 195 g/mol. The monoisotopic (exact) mass is 194 g/mol. The Morgan fingerprint density at radius 1 is 1.77 bits per heavy atom. The van der Waals surface area contributed by atoms with Crippen LogP contribution in [0.1, 0.15) is 6.42 Å². The molecule has 3 nitrogen and oxygen atoms in total. The Kier molecular flexibility index (Phi) is 3.30.